The van der Waals surface area contributed by atoms with E-state index in [1.54, 1.807) is 19.2 Å². The molecule has 0 aliphatic heterocycles. The molecular formula is C27H29F3N8O. The maximum atomic E-state index is 13.3. The van der Waals surface area contributed by atoms with E-state index in [-0.39, 0.29) is 11.9 Å². The Balaban J connectivity index is 1.39. The van der Waals surface area contributed by atoms with Gasteiger partial charge < -0.3 is 14.6 Å². The third-order valence-electron chi connectivity index (χ3n) is 6.46. The first-order valence-electron chi connectivity index (χ1n) is 12.8. The standard InChI is InChI=1S/C27H29F3N8O/c1-5-20-35-23(21-22(17-10-11-17)32-14-33-25(21)39-4)37-26(36-20)31-12-16-6-8-18(9-7-16)24-34-19(27(28,29)30)13-38(24)15(2)3/h6-9,13-15,17H,5,10-12H2,1-4H3,(H,31,35,36,37). The number of anilines is 1. The quantitative estimate of drug-likeness (QED) is 0.283. The minimum atomic E-state index is -4.51. The van der Waals surface area contributed by atoms with Crippen LogP contribution in [0.5, 0.6) is 5.88 Å². The third-order valence-corrected chi connectivity index (χ3v) is 6.46. The molecule has 4 aromatic rings. The predicted octanol–water partition coefficient (Wildman–Crippen LogP) is 5.85. The molecule has 0 atom stereocenters. The van der Waals surface area contributed by atoms with Crippen molar-refractivity contribution in [3.8, 4) is 28.7 Å². The van der Waals surface area contributed by atoms with Crippen LogP contribution in [0, 0.1) is 0 Å². The number of aryl methyl sites for hydroxylation is 1. The Hall–Kier alpha value is -4.09. The van der Waals surface area contributed by atoms with E-state index < -0.39 is 11.9 Å². The van der Waals surface area contributed by atoms with Gasteiger partial charge in [-0.25, -0.2) is 19.9 Å². The van der Waals surface area contributed by atoms with Crippen LogP contribution in [0.1, 0.15) is 68.3 Å². The molecule has 1 aromatic carbocycles. The highest BCUT2D eigenvalue weighted by Crippen LogP contribution is 2.44. The maximum Gasteiger partial charge on any atom is 0.434 e. The number of methoxy groups -OCH3 is 1. The summed E-state index contributed by atoms with van der Waals surface area (Å²) in [6.45, 7) is 6.01. The molecular weight excluding hydrogens is 509 g/mol. The molecule has 1 aliphatic rings. The average molecular weight is 539 g/mol. The molecule has 204 valence electrons. The largest absolute Gasteiger partial charge is 0.480 e. The average Bonchev–Trinajstić information content (AvgIpc) is 3.67. The van der Waals surface area contributed by atoms with E-state index in [0.29, 0.717) is 53.5 Å². The summed E-state index contributed by atoms with van der Waals surface area (Å²) in [5, 5.41) is 3.25. The predicted molar refractivity (Wildman–Crippen MR) is 139 cm³/mol. The number of nitrogens with one attached hydrogen (secondary N) is 1. The van der Waals surface area contributed by atoms with Crippen LogP contribution in [-0.4, -0.2) is 41.6 Å². The zero-order valence-electron chi connectivity index (χ0n) is 22.1. The molecule has 3 aromatic heterocycles. The molecule has 0 spiro atoms. The summed E-state index contributed by atoms with van der Waals surface area (Å²) < 4.78 is 46.9. The van der Waals surface area contributed by atoms with Crippen LogP contribution in [0.3, 0.4) is 0 Å². The zero-order valence-corrected chi connectivity index (χ0v) is 22.1. The lowest BCUT2D eigenvalue weighted by Gasteiger charge is -2.13. The molecule has 0 radical (unpaired) electrons. The van der Waals surface area contributed by atoms with Gasteiger partial charge >= 0.3 is 6.18 Å². The summed E-state index contributed by atoms with van der Waals surface area (Å²) in [6.07, 6.45) is 0.757. The highest BCUT2D eigenvalue weighted by molar-refractivity contribution is 5.66. The lowest BCUT2D eigenvalue weighted by atomic mass is 10.1. The SMILES string of the molecule is CCc1nc(NCc2ccc(-c3nc(C(F)(F)F)cn3C(C)C)cc2)nc(-c2c(OC)ncnc2C2CC2)n1. The number of imidazole rings is 1. The number of hydrogen-bond acceptors (Lipinski definition) is 8. The van der Waals surface area contributed by atoms with Crippen LogP contribution < -0.4 is 10.1 Å². The fraction of sp³-hybridized carbons (Fsp3) is 0.407. The Morgan fingerprint density at radius 1 is 1.05 bits per heavy atom. The first kappa shape index (κ1) is 26.5. The Labute approximate surface area is 224 Å². The number of alkyl halides is 3. The summed E-state index contributed by atoms with van der Waals surface area (Å²) in [6, 6.07) is 7.05. The molecule has 1 N–H and O–H groups in total. The highest BCUT2D eigenvalue weighted by atomic mass is 19.4. The first-order chi connectivity index (χ1) is 18.7. The van der Waals surface area contributed by atoms with Crippen LogP contribution in [-0.2, 0) is 19.1 Å². The molecule has 3 heterocycles. The molecule has 1 aliphatic carbocycles. The summed E-state index contributed by atoms with van der Waals surface area (Å²) in [7, 11) is 1.56. The molecule has 0 unspecified atom stereocenters. The molecule has 5 rings (SSSR count). The van der Waals surface area contributed by atoms with Crippen molar-refractivity contribution in [1.29, 1.82) is 0 Å². The van der Waals surface area contributed by atoms with Crippen LogP contribution >= 0.6 is 0 Å². The van der Waals surface area contributed by atoms with Crippen molar-refractivity contribution in [2.24, 2.45) is 0 Å². The molecule has 1 fully saturated rings. The molecule has 0 bridgehead atoms. The van der Waals surface area contributed by atoms with Gasteiger partial charge in [0.1, 0.15) is 23.5 Å². The first-order valence-corrected chi connectivity index (χ1v) is 12.8. The van der Waals surface area contributed by atoms with E-state index in [9.17, 15) is 13.2 Å². The van der Waals surface area contributed by atoms with Crippen molar-refractivity contribution in [3.63, 3.8) is 0 Å². The lowest BCUT2D eigenvalue weighted by Crippen LogP contribution is -2.10. The van der Waals surface area contributed by atoms with Crippen LogP contribution in [0.25, 0.3) is 22.8 Å². The minimum absolute atomic E-state index is 0.176. The second-order valence-electron chi connectivity index (χ2n) is 9.67. The van der Waals surface area contributed by atoms with Crippen molar-refractivity contribution >= 4 is 5.95 Å². The Morgan fingerprint density at radius 3 is 2.41 bits per heavy atom. The smallest absolute Gasteiger partial charge is 0.434 e. The van der Waals surface area contributed by atoms with Gasteiger partial charge in [-0.1, -0.05) is 31.2 Å². The molecule has 0 saturated heterocycles. The van der Waals surface area contributed by atoms with Gasteiger partial charge in [-0.2, -0.15) is 23.1 Å². The normalized spacial score (nSPS) is 13.6. The number of ether oxygens (including phenoxy) is 1. The topological polar surface area (TPSA) is 104 Å². The van der Waals surface area contributed by atoms with Gasteiger partial charge in [0.2, 0.25) is 11.8 Å². The highest BCUT2D eigenvalue weighted by Gasteiger charge is 2.35. The monoisotopic (exact) mass is 538 g/mol. The molecule has 9 nitrogen and oxygen atoms in total. The van der Waals surface area contributed by atoms with Crippen molar-refractivity contribution in [1.82, 2.24) is 34.5 Å². The van der Waals surface area contributed by atoms with E-state index in [1.165, 1.54) is 10.9 Å². The van der Waals surface area contributed by atoms with E-state index in [4.69, 9.17) is 4.74 Å². The fourth-order valence-corrected chi connectivity index (χ4v) is 4.27. The van der Waals surface area contributed by atoms with Crippen LogP contribution in [0.15, 0.2) is 36.8 Å². The van der Waals surface area contributed by atoms with Gasteiger partial charge in [-0.05, 0) is 32.3 Å². The Bertz CT molecular complexity index is 1460. The van der Waals surface area contributed by atoms with E-state index >= 15 is 0 Å². The lowest BCUT2D eigenvalue weighted by molar-refractivity contribution is -0.140. The summed E-state index contributed by atoms with van der Waals surface area (Å²) >= 11 is 0. The molecule has 39 heavy (non-hydrogen) atoms. The van der Waals surface area contributed by atoms with E-state index in [0.717, 1.165) is 30.3 Å². The van der Waals surface area contributed by atoms with Crippen molar-refractivity contribution in [2.45, 2.75) is 64.7 Å². The van der Waals surface area contributed by atoms with Gasteiger partial charge in [-0.3, -0.25) is 0 Å². The van der Waals surface area contributed by atoms with Crippen molar-refractivity contribution < 1.29 is 17.9 Å². The Kier molecular flexibility index (Phi) is 7.19. The number of halogens is 3. The van der Waals surface area contributed by atoms with Gasteiger partial charge in [0.05, 0.1) is 12.8 Å². The molecule has 1 saturated carbocycles. The summed E-state index contributed by atoms with van der Waals surface area (Å²) in [4.78, 5) is 26.4. The molecule has 0 amide bonds. The van der Waals surface area contributed by atoms with Crippen molar-refractivity contribution in [2.75, 3.05) is 12.4 Å². The number of benzene rings is 1. The number of aromatic nitrogens is 7. The fourth-order valence-electron chi connectivity index (χ4n) is 4.27. The zero-order chi connectivity index (χ0) is 27.7. The number of hydrogen-bond donors (Lipinski definition) is 1. The second-order valence-corrected chi connectivity index (χ2v) is 9.67. The summed E-state index contributed by atoms with van der Waals surface area (Å²) in [5.74, 6) is 2.52. The minimum Gasteiger partial charge on any atom is -0.480 e. The van der Waals surface area contributed by atoms with Crippen LogP contribution in [0.4, 0.5) is 19.1 Å². The molecule has 12 heteroatoms. The second kappa shape index (κ2) is 10.6. The van der Waals surface area contributed by atoms with Gasteiger partial charge in [0, 0.05) is 36.7 Å². The van der Waals surface area contributed by atoms with E-state index in [1.807, 2.05) is 32.9 Å². The van der Waals surface area contributed by atoms with Crippen molar-refractivity contribution in [3.05, 3.63) is 59.6 Å². The van der Waals surface area contributed by atoms with E-state index in [2.05, 4.69) is 35.2 Å². The van der Waals surface area contributed by atoms with Gasteiger partial charge in [0.15, 0.2) is 11.5 Å². The van der Waals surface area contributed by atoms with Gasteiger partial charge in [-0.15, -0.1) is 0 Å². The summed E-state index contributed by atoms with van der Waals surface area (Å²) in [5.41, 5.74) is 2.16. The Morgan fingerprint density at radius 2 is 1.79 bits per heavy atom. The van der Waals surface area contributed by atoms with Crippen LogP contribution in [0.2, 0.25) is 0 Å². The number of rotatable bonds is 9. The van der Waals surface area contributed by atoms with Gasteiger partial charge in [0.25, 0.3) is 0 Å². The number of nitrogens with zero attached hydrogens (tertiary/aromatic N) is 7. The maximum absolute atomic E-state index is 13.3. The third kappa shape index (κ3) is 5.69.